The molecule has 0 aliphatic rings. The largest absolute Gasteiger partial charge is 0.496 e. The van der Waals surface area contributed by atoms with Crippen LogP contribution in [-0.2, 0) is 6.61 Å². The molecule has 0 aliphatic heterocycles. The molecule has 1 amide bonds. The summed E-state index contributed by atoms with van der Waals surface area (Å²) < 4.78 is 11.3. The Hall–Kier alpha value is -3.27. The number of benzene rings is 3. The van der Waals surface area contributed by atoms with Gasteiger partial charge in [0.1, 0.15) is 18.1 Å². The van der Waals surface area contributed by atoms with Gasteiger partial charge in [-0.1, -0.05) is 30.3 Å². The first-order valence-corrected chi connectivity index (χ1v) is 8.80. The van der Waals surface area contributed by atoms with Crippen LogP contribution in [0.5, 0.6) is 11.5 Å². The zero-order valence-electron chi connectivity index (χ0n) is 15.8. The average Bonchev–Trinajstić information content (AvgIpc) is 2.67. The summed E-state index contributed by atoms with van der Waals surface area (Å²) in [6.45, 7) is 4.31. The van der Waals surface area contributed by atoms with Crippen LogP contribution in [0, 0.1) is 13.8 Å². The van der Waals surface area contributed by atoms with Gasteiger partial charge in [-0.25, -0.2) is 0 Å². The number of hydrogen-bond acceptors (Lipinski definition) is 3. The third kappa shape index (κ3) is 4.67. The summed E-state index contributed by atoms with van der Waals surface area (Å²) in [5, 5.41) is 2.93. The Kier molecular flexibility index (Phi) is 5.77. The molecule has 0 saturated heterocycles. The maximum atomic E-state index is 12.6. The SMILES string of the molecule is COc1ccc(C(=O)Nc2cccc(C)c2)cc1COc1ccccc1C. The molecule has 0 unspecified atom stereocenters. The summed E-state index contributed by atoms with van der Waals surface area (Å²) in [7, 11) is 1.61. The Labute approximate surface area is 159 Å². The molecule has 3 rings (SSSR count). The van der Waals surface area contributed by atoms with Crippen molar-refractivity contribution in [2.24, 2.45) is 0 Å². The minimum absolute atomic E-state index is 0.166. The highest BCUT2D eigenvalue weighted by Crippen LogP contribution is 2.24. The zero-order chi connectivity index (χ0) is 19.2. The number of nitrogens with one attached hydrogen (secondary N) is 1. The van der Waals surface area contributed by atoms with Gasteiger partial charge in [-0.05, 0) is 61.4 Å². The third-order valence-corrected chi connectivity index (χ3v) is 4.30. The molecule has 0 radical (unpaired) electrons. The maximum Gasteiger partial charge on any atom is 0.255 e. The number of para-hydroxylation sites is 1. The van der Waals surface area contributed by atoms with E-state index in [-0.39, 0.29) is 5.91 Å². The lowest BCUT2D eigenvalue weighted by atomic mass is 10.1. The highest BCUT2D eigenvalue weighted by atomic mass is 16.5. The van der Waals surface area contributed by atoms with Crippen molar-refractivity contribution in [2.75, 3.05) is 12.4 Å². The van der Waals surface area contributed by atoms with Crippen LogP contribution in [0.2, 0.25) is 0 Å². The van der Waals surface area contributed by atoms with E-state index >= 15 is 0 Å². The van der Waals surface area contributed by atoms with Crippen LogP contribution in [0.4, 0.5) is 5.69 Å². The fraction of sp³-hybridized carbons (Fsp3) is 0.174. The molecule has 0 heterocycles. The van der Waals surface area contributed by atoms with Crippen molar-refractivity contribution in [1.29, 1.82) is 0 Å². The summed E-state index contributed by atoms with van der Waals surface area (Å²) in [4.78, 5) is 12.6. The topological polar surface area (TPSA) is 47.6 Å². The van der Waals surface area contributed by atoms with E-state index in [0.29, 0.717) is 17.9 Å². The second kappa shape index (κ2) is 8.41. The molecule has 3 aromatic carbocycles. The molecule has 4 nitrogen and oxygen atoms in total. The molecule has 0 atom stereocenters. The van der Waals surface area contributed by atoms with Gasteiger partial charge in [0.15, 0.2) is 0 Å². The summed E-state index contributed by atoms with van der Waals surface area (Å²) in [6, 6.07) is 20.9. The summed E-state index contributed by atoms with van der Waals surface area (Å²) in [5.74, 6) is 1.34. The van der Waals surface area contributed by atoms with Crippen molar-refractivity contribution in [2.45, 2.75) is 20.5 Å². The van der Waals surface area contributed by atoms with Crippen LogP contribution in [0.25, 0.3) is 0 Å². The lowest BCUT2D eigenvalue weighted by Gasteiger charge is -2.13. The van der Waals surface area contributed by atoms with Gasteiger partial charge >= 0.3 is 0 Å². The van der Waals surface area contributed by atoms with E-state index in [1.165, 1.54) is 0 Å². The van der Waals surface area contributed by atoms with Gasteiger partial charge in [0.25, 0.3) is 5.91 Å². The summed E-state index contributed by atoms with van der Waals surface area (Å²) >= 11 is 0. The number of aryl methyl sites for hydroxylation is 2. The second-order valence-electron chi connectivity index (χ2n) is 6.40. The van der Waals surface area contributed by atoms with Gasteiger partial charge in [-0.15, -0.1) is 0 Å². The van der Waals surface area contributed by atoms with Crippen LogP contribution in [0.3, 0.4) is 0 Å². The van der Waals surface area contributed by atoms with Crippen LogP contribution in [-0.4, -0.2) is 13.0 Å². The lowest BCUT2D eigenvalue weighted by Crippen LogP contribution is -2.13. The third-order valence-electron chi connectivity index (χ3n) is 4.30. The van der Waals surface area contributed by atoms with Gasteiger partial charge < -0.3 is 14.8 Å². The first-order chi connectivity index (χ1) is 13.1. The summed E-state index contributed by atoms with van der Waals surface area (Å²) in [5.41, 5.74) is 4.30. The van der Waals surface area contributed by atoms with Crippen molar-refractivity contribution in [3.8, 4) is 11.5 Å². The molecule has 27 heavy (non-hydrogen) atoms. The van der Waals surface area contributed by atoms with Gasteiger partial charge in [0.05, 0.1) is 7.11 Å². The van der Waals surface area contributed by atoms with E-state index in [4.69, 9.17) is 9.47 Å². The Morgan fingerprint density at radius 1 is 0.926 bits per heavy atom. The fourth-order valence-corrected chi connectivity index (χ4v) is 2.83. The molecule has 0 aliphatic carbocycles. The number of ether oxygens (including phenoxy) is 2. The Bertz CT molecular complexity index is 950. The molecule has 138 valence electrons. The number of amides is 1. The Balaban J connectivity index is 1.78. The van der Waals surface area contributed by atoms with Crippen molar-refractivity contribution < 1.29 is 14.3 Å². The Morgan fingerprint density at radius 2 is 1.74 bits per heavy atom. The standard InChI is InChI=1S/C23H23NO3/c1-16-7-6-9-20(13-16)24-23(25)18-11-12-22(26-3)19(14-18)15-27-21-10-5-4-8-17(21)2/h4-14H,15H2,1-3H3,(H,24,25). The van der Waals surface area contributed by atoms with E-state index in [2.05, 4.69) is 5.32 Å². The normalized spacial score (nSPS) is 10.3. The van der Waals surface area contributed by atoms with Crippen molar-refractivity contribution in [3.05, 3.63) is 89.0 Å². The number of rotatable bonds is 6. The van der Waals surface area contributed by atoms with Gasteiger partial charge in [-0.3, -0.25) is 4.79 Å². The average molecular weight is 361 g/mol. The lowest BCUT2D eigenvalue weighted by molar-refractivity contribution is 0.102. The molecule has 3 aromatic rings. The van der Waals surface area contributed by atoms with Crippen molar-refractivity contribution >= 4 is 11.6 Å². The van der Waals surface area contributed by atoms with E-state index in [1.54, 1.807) is 19.2 Å². The van der Waals surface area contributed by atoms with Crippen LogP contribution in [0.15, 0.2) is 66.7 Å². The Morgan fingerprint density at radius 3 is 2.48 bits per heavy atom. The monoisotopic (exact) mass is 361 g/mol. The second-order valence-corrected chi connectivity index (χ2v) is 6.40. The predicted molar refractivity (Wildman–Crippen MR) is 108 cm³/mol. The highest BCUT2D eigenvalue weighted by molar-refractivity contribution is 6.04. The maximum absolute atomic E-state index is 12.6. The van der Waals surface area contributed by atoms with Gasteiger partial charge in [0.2, 0.25) is 0 Å². The minimum atomic E-state index is -0.166. The first-order valence-electron chi connectivity index (χ1n) is 8.80. The number of hydrogen-bond donors (Lipinski definition) is 1. The highest BCUT2D eigenvalue weighted by Gasteiger charge is 2.12. The predicted octanol–water partition coefficient (Wildman–Crippen LogP) is 5.14. The number of anilines is 1. The van der Waals surface area contributed by atoms with E-state index in [1.807, 2.05) is 68.4 Å². The van der Waals surface area contributed by atoms with Gasteiger partial charge in [0, 0.05) is 16.8 Å². The van der Waals surface area contributed by atoms with E-state index in [0.717, 1.165) is 28.1 Å². The van der Waals surface area contributed by atoms with Crippen molar-refractivity contribution in [1.82, 2.24) is 0 Å². The van der Waals surface area contributed by atoms with Crippen molar-refractivity contribution in [3.63, 3.8) is 0 Å². The molecule has 4 heteroatoms. The van der Waals surface area contributed by atoms with Crippen LogP contribution in [0.1, 0.15) is 27.0 Å². The summed E-state index contributed by atoms with van der Waals surface area (Å²) in [6.07, 6.45) is 0. The minimum Gasteiger partial charge on any atom is -0.496 e. The number of methoxy groups -OCH3 is 1. The molecule has 0 aromatic heterocycles. The smallest absolute Gasteiger partial charge is 0.255 e. The number of carbonyl (C=O) groups is 1. The van der Waals surface area contributed by atoms with E-state index < -0.39 is 0 Å². The zero-order valence-corrected chi connectivity index (χ0v) is 15.8. The molecule has 0 saturated carbocycles. The molecule has 0 bridgehead atoms. The van der Waals surface area contributed by atoms with Gasteiger partial charge in [-0.2, -0.15) is 0 Å². The fourth-order valence-electron chi connectivity index (χ4n) is 2.83. The van der Waals surface area contributed by atoms with E-state index in [9.17, 15) is 4.79 Å². The quantitative estimate of drug-likeness (QED) is 0.661. The number of carbonyl (C=O) groups excluding carboxylic acids is 1. The first kappa shape index (κ1) is 18.5. The molecule has 1 N–H and O–H groups in total. The van der Waals surface area contributed by atoms with Crippen LogP contribution >= 0.6 is 0 Å². The molecule has 0 spiro atoms. The molecular weight excluding hydrogens is 338 g/mol. The molecule has 0 fully saturated rings. The molecular formula is C23H23NO3. The van der Waals surface area contributed by atoms with Crippen LogP contribution < -0.4 is 14.8 Å².